The Balaban J connectivity index is 1.43. The molecule has 2 amide bonds. The molecule has 1 aromatic heterocycles. The molecule has 0 saturated carbocycles. The van der Waals surface area contributed by atoms with E-state index in [0.29, 0.717) is 19.6 Å². The number of amides is 2. The Hall–Kier alpha value is -2.01. The van der Waals surface area contributed by atoms with Gasteiger partial charge in [0, 0.05) is 25.0 Å². The molecule has 5 heteroatoms. The van der Waals surface area contributed by atoms with E-state index >= 15 is 0 Å². The van der Waals surface area contributed by atoms with Crippen LogP contribution in [-0.2, 0) is 11.2 Å². The Kier molecular flexibility index (Phi) is 4.40. The summed E-state index contributed by atoms with van der Waals surface area (Å²) in [6.45, 7) is 1.96. The van der Waals surface area contributed by atoms with Crippen molar-refractivity contribution in [2.45, 2.75) is 25.3 Å². The molecule has 3 rings (SSSR count). The molecule has 2 aromatic rings. The molecule has 0 radical (unpaired) electrons. The summed E-state index contributed by atoms with van der Waals surface area (Å²) in [6, 6.07) is 9.91. The number of carbonyl (C=O) groups is 1. The van der Waals surface area contributed by atoms with Crippen LogP contribution in [-0.4, -0.2) is 31.8 Å². The summed E-state index contributed by atoms with van der Waals surface area (Å²) in [5.74, 6) is 0.887. The fourth-order valence-corrected chi connectivity index (χ4v) is 2.55. The van der Waals surface area contributed by atoms with Crippen LogP contribution in [0.15, 0.2) is 34.7 Å². The van der Waals surface area contributed by atoms with Crippen molar-refractivity contribution in [1.82, 2.24) is 10.6 Å². The average Bonchev–Trinajstić information content (AvgIpc) is 2.91. The summed E-state index contributed by atoms with van der Waals surface area (Å²) < 4.78 is 11.0. The van der Waals surface area contributed by atoms with E-state index in [-0.39, 0.29) is 12.1 Å². The fourth-order valence-electron chi connectivity index (χ4n) is 2.55. The smallest absolute Gasteiger partial charge is 0.315 e. The number of carbonyl (C=O) groups excluding carboxylic acids is 1. The molecule has 1 aliphatic rings. The molecule has 1 aromatic carbocycles. The molecule has 0 spiro atoms. The van der Waals surface area contributed by atoms with Gasteiger partial charge >= 0.3 is 6.03 Å². The third-order valence-electron chi connectivity index (χ3n) is 3.63. The number of furan rings is 1. The van der Waals surface area contributed by atoms with Crippen LogP contribution in [0.2, 0.25) is 0 Å². The van der Waals surface area contributed by atoms with Crippen molar-refractivity contribution >= 4 is 17.0 Å². The second-order valence-corrected chi connectivity index (χ2v) is 5.31. The molecule has 2 heterocycles. The normalized spacial score (nSPS) is 18.6. The van der Waals surface area contributed by atoms with Gasteiger partial charge in [0.15, 0.2) is 0 Å². The Labute approximate surface area is 123 Å². The summed E-state index contributed by atoms with van der Waals surface area (Å²) in [4.78, 5) is 11.8. The number of ether oxygens (including phenoxy) is 1. The van der Waals surface area contributed by atoms with Gasteiger partial charge in [-0.05, 0) is 25.0 Å². The molecule has 1 aliphatic heterocycles. The largest absolute Gasteiger partial charge is 0.461 e. The van der Waals surface area contributed by atoms with E-state index in [1.165, 1.54) is 0 Å². The predicted octanol–water partition coefficient (Wildman–Crippen LogP) is 2.45. The van der Waals surface area contributed by atoms with E-state index in [1.54, 1.807) is 0 Å². The zero-order valence-corrected chi connectivity index (χ0v) is 11.9. The maximum Gasteiger partial charge on any atom is 0.315 e. The number of hydrogen-bond acceptors (Lipinski definition) is 3. The Bertz CT molecular complexity index is 569. The van der Waals surface area contributed by atoms with Crippen LogP contribution in [0.3, 0.4) is 0 Å². The number of para-hydroxylation sites is 1. The standard InChI is InChI=1S/C16H20N2O3/c19-16(18-13-5-3-9-20-11-13)17-8-7-14-10-12-4-1-2-6-15(12)21-14/h1-2,4,6,10,13H,3,5,7-9,11H2,(H2,17,18,19)/t13-/m0/s1. The van der Waals surface area contributed by atoms with E-state index in [4.69, 9.17) is 9.15 Å². The van der Waals surface area contributed by atoms with Crippen molar-refractivity contribution in [3.63, 3.8) is 0 Å². The second kappa shape index (κ2) is 6.63. The van der Waals surface area contributed by atoms with Crippen LogP contribution in [0, 0.1) is 0 Å². The second-order valence-electron chi connectivity index (χ2n) is 5.31. The molecule has 21 heavy (non-hydrogen) atoms. The maximum atomic E-state index is 11.8. The van der Waals surface area contributed by atoms with Crippen molar-refractivity contribution in [2.24, 2.45) is 0 Å². The first-order chi connectivity index (χ1) is 10.3. The molecule has 0 aliphatic carbocycles. The highest BCUT2D eigenvalue weighted by Crippen LogP contribution is 2.18. The molecule has 112 valence electrons. The quantitative estimate of drug-likeness (QED) is 0.908. The number of hydrogen-bond donors (Lipinski definition) is 2. The molecular weight excluding hydrogens is 268 g/mol. The SMILES string of the molecule is O=C(NCCc1cc2ccccc2o1)N[C@H]1CCCOC1. The Morgan fingerprint density at radius 1 is 1.33 bits per heavy atom. The minimum Gasteiger partial charge on any atom is -0.461 e. The van der Waals surface area contributed by atoms with Gasteiger partial charge in [-0.2, -0.15) is 0 Å². The summed E-state index contributed by atoms with van der Waals surface area (Å²) in [5.41, 5.74) is 0.885. The van der Waals surface area contributed by atoms with E-state index in [1.807, 2.05) is 30.3 Å². The van der Waals surface area contributed by atoms with Crippen LogP contribution in [0.1, 0.15) is 18.6 Å². The lowest BCUT2D eigenvalue weighted by molar-refractivity contribution is 0.0732. The van der Waals surface area contributed by atoms with Gasteiger partial charge in [-0.1, -0.05) is 18.2 Å². The summed E-state index contributed by atoms with van der Waals surface area (Å²) in [5, 5.41) is 6.88. The molecule has 1 fully saturated rings. The van der Waals surface area contributed by atoms with Crippen LogP contribution in [0.25, 0.3) is 11.0 Å². The number of urea groups is 1. The van der Waals surface area contributed by atoms with Crippen molar-refractivity contribution in [1.29, 1.82) is 0 Å². The number of benzene rings is 1. The minimum absolute atomic E-state index is 0.130. The molecule has 1 saturated heterocycles. The lowest BCUT2D eigenvalue weighted by Gasteiger charge is -2.23. The van der Waals surface area contributed by atoms with Gasteiger partial charge in [-0.25, -0.2) is 4.79 Å². The van der Waals surface area contributed by atoms with E-state index in [9.17, 15) is 4.79 Å². The van der Waals surface area contributed by atoms with Crippen LogP contribution in [0.4, 0.5) is 4.79 Å². The summed E-state index contributed by atoms with van der Waals surface area (Å²) in [7, 11) is 0. The summed E-state index contributed by atoms with van der Waals surface area (Å²) in [6.07, 6.45) is 2.67. The maximum absolute atomic E-state index is 11.8. The lowest BCUT2D eigenvalue weighted by Crippen LogP contribution is -2.46. The average molecular weight is 288 g/mol. The highest BCUT2D eigenvalue weighted by Gasteiger charge is 2.15. The van der Waals surface area contributed by atoms with Gasteiger partial charge in [-0.15, -0.1) is 0 Å². The highest BCUT2D eigenvalue weighted by atomic mass is 16.5. The van der Waals surface area contributed by atoms with E-state index in [0.717, 1.165) is 36.2 Å². The van der Waals surface area contributed by atoms with Gasteiger partial charge in [0.05, 0.1) is 12.6 Å². The molecule has 0 unspecified atom stereocenters. The zero-order chi connectivity index (χ0) is 14.5. The van der Waals surface area contributed by atoms with Crippen molar-refractivity contribution in [3.05, 3.63) is 36.1 Å². The highest BCUT2D eigenvalue weighted by molar-refractivity contribution is 5.77. The lowest BCUT2D eigenvalue weighted by atomic mass is 10.1. The topological polar surface area (TPSA) is 63.5 Å². The Morgan fingerprint density at radius 2 is 2.24 bits per heavy atom. The third kappa shape index (κ3) is 3.76. The van der Waals surface area contributed by atoms with Gasteiger partial charge in [0.2, 0.25) is 0 Å². The van der Waals surface area contributed by atoms with Crippen LogP contribution in [0.5, 0.6) is 0 Å². The first kappa shape index (κ1) is 13.9. The predicted molar refractivity (Wildman–Crippen MR) is 80.3 cm³/mol. The first-order valence-corrected chi connectivity index (χ1v) is 7.41. The van der Waals surface area contributed by atoms with Gasteiger partial charge in [-0.3, -0.25) is 0 Å². The van der Waals surface area contributed by atoms with Crippen molar-refractivity contribution < 1.29 is 13.9 Å². The van der Waals surface area contributed by atoms with E-state index < -0.39 is 0 Å². The van der Waals surface area contributed by atoms with Gasteiger partial charge < -0.3 is 19.8 Å². The van der Waals surface area contributed by atoms with Crippen molar-refractivity contribution in [2.75, 3.05) is 19.8 Å². The first-order valence-electron chi connectivity index (χ1n) is 7.41. The monoisotopic (exact) mass is 288 g/mol. The minimum atomic E-state index is -0.137. The van der Waals surface area contributed by atoms with Crippen LogP contribution >= 0.6 is 0 Å². The molecule has 2 N–H and O–H groups in total. The molecular formula is C16H20N2O3. The molecule has 0 bridgehead atoms. The Morgan fingerprint density at radius 3 is 3.05 bits per heavy atom. The summed E-state index contributed by atoms with van der Waals surface area (Å²) >= 11 is 0. The van der Waals surface area contributed by atoms with E-state index in [2.05, 4.69) is 10.6 Å². The fraction of sp³-hybridized carbons (Fsp3) is 0.438. The molecule has 5 nitrogen and oxygen atoms in total. The third-order valence-corrected chi connectivity index (χ3v) is 3.63. The number of fused-ring (bicyclic) bond motifs is 1. The number of rotatable bonds is 4. The molecule has 1 atom stereocenters. The van der Waals surface area contributed by atoms with Gasteiger partial charge in [0.25, 0.3) is 0 Å². The zero-order valence-electron chi connectivity index (χ0n) is 11.9. The van der Waals surface area contributed by atoms with Gasteiger partial charge in [0.1, 0.15) is 11.3 Å². The van der Waals surface area contributed by atoms with Crippen LogP contribution < -0.4 is 10.6 Å². The van der Waals surface area contributed by atoms with Crippen molar-refractivity contribution in [3.8, 4) is 0 Å². The number of nitrogens with one attached hydrogen (secondary N) is 2.